The van der Waals surface area contributed by atoms with Gasteiger partial charge in [0.1, 0.15) is 17.7 Å². The Morgan fingerprint density at radius 2 is 1.92 bits per heavy atom. The van der Waals surface area contributed by atoms with Gasteiger partial charge in [0.15, 0.2) is 18.0 Å². The fourth-order valence-electron chi connectivity index (χ4n) is 3.80. The van der Waals surface area contributed by atoms with E-state index in [9.17, 15) is 21.9 Å². The van der Waals surface area contributed by atoms with Crippen molar-refractivity contribution in [1.29, 1.82) is 0 Å². The number of alkyl halides is 3. The van der Waals surface area contributed by atoms with E-state index < -0.39 is 35.3 Å². The van der Waals surface area contributed by atoms with Gasteiger partial charge >= 0.3 is 12.1 Å². The number of imidazole rings is 1. The maximum absolute atomic E-state index is 15.1. The Hall–Kier alpha value is -3.32. The second kappa shape index (κ2) is 12.0. The summed E-state index contributed by atoms with van der Waals surface area (Å²) in [6.45, 7) is 5.25. The van der Waals surface area contributed by atoms with Crippen LogP contribution in [0, 0.1) is 5.82 Å². The van der Waals surface area contributed by atoms with E-state index in [1.54, 1.807) is 0 Å². The van der Waals surface area contributed by atoms with Gasteiger partial charge in [0.25, 0.3) is 0 Å². The third-order valence-electron chi connectivity index (χ3n) is 5.29. The lowest BCUT2D eigenvalue weighted by Crippen LogP contribution is -2.22. The molecule has 0 radical (unpaired) electrons. The lowest BCUT2D eigenvalue weighted by atomic mass is 9.97. The Morgan fingerprint density at radius 1 is 1.21 bits per heavy atom. The molecule has 1 N–H and O–H groups in total. The van der Waals surface area contributed by atoms with Gasteiger partial charge in [0, 0.05) is 23.3 Å². The highest BCUT2D eigenvalue weighted by molar-refractivity contribution is 7.92. The Balaban J connectivity index is 0.00000195. The minimum Gasteiger partial charge on any atom is -0.462 e. The molecular weight excluding hydrogens is 553 g/mol. The molecule has 0 aliphatic rings. The Kier molecular flexibility index (Phi) is 9.26. The molecule has 7 nitrogen and oxygen atoms in total. The number of aryl methyl sites for hydroxylation is 1. The molecule has 1 unspecified atom stereocenters. The van der Waals surface area contributed by atoms with E-state index >= 15 is 4.39 Å². The molecule has 0 aliphatic heterocycles. The van der Waals surface area contributed by atoms with Crippen molar-refractivity contribution in [2.75, 3.05) is 11.9 Å². The number of rotatable bonds is 7. The maximum atomic E-state index is 15.1. The largest absolute Gasteiger partial charge is 0.462 e. The molecule has 1 atom stereocenters. The zero-order chi connectivity index (χ0) is 28.2. The predicted octanol–water partition coefficient (Wildman–Crippen LogP) is 7.37. The molecule has 2 aromatic carbocycles. The minimum atomic E-state index is -4.99. The van der Waals surface area contributed by atoms with Crippen molar-refractivity contribution in [2.45, 2.75) is 33.0 Å². The van der Waals surface area contributed by atoms with Crippen LogP contribution in [0.5, 0.6) is 0 Å². The monoisotopic (exact) mass is 575 g/mol. The number of nitrogens with zero attached hydrogens (tertiary/aromatic N) is 4. The van der Waals surface area contributed by atoms with Crippen LogP contribution in [0.1, 0.15) is 54.1 Å². The third-order valence-corrected chi connectivity index (χ3v) is 5.96. The number of nitrogens with one attached hydrogen (secondary N) is 1. The molecule has 4 rings (SSSR count). The number of esters is 1. The van der Waals surface area contributed by atoms with Gasteiger partial charge < -0.3 is 10.1 Å². The van der Waals surface area contributed by atoms with Gasteiger partial charge in [-0.3, -0.25) is 4.68 Å². The average molecular weight is 576 g/mol. The number of anilines is 1. The second-order valence-electron chi connectivity index (χ2n) is 7.54. The fourth-order valence-corrected chi connectivity index (χ4v) is 4.27. The third kappa shape index (κ3) is 5.88. The summed E-state index contributed by atoms with van der Waals surface area (Å²) in [5.41, 5.74) is -1.59. The molecule has 0 spiro atoms. The molecule has 0 bridgehead atoms. The first-order valence-corrected chi connectivity index (χ1v) is 12.4. The van der Waals surface area contributed by atoms with E-state index in [2.05, 4.69) is 15.4 Å². The number of fused-ring (bicyclic) bond motifs is 1. The van der Waals surface area contributed by atoms with Crippen LogP contribution in [-0.2, 0) is 18.0 Å². The van der Waals surface area contributed by atoms with Crippen LogP contribution < -0.4 is 5.32 Å². The van der Waals surface area contributed by atoms with Crippen LogP contribution in [0.15, 0.2) is 42.7 Å². The van der Waals surface area contributed by atoms with E-state index in [1.807, 2.05) is 13.8 Å². The topological polar surface area (TPSA) is 74.0 Å². The van der Waals surface area contributed by atoms with Crippen molar-refractivity contribution in [2.24, 2.45) is 7.05 Å². The molecule has 2 heterocycles. The number of halogens is 6. The lowest BCUT2D eigenvalue weighted by Gasteiger charge is -2.23. The molecule has 204 valence electrons. The molecule has 38 heavy (non-hydrogen) atoms. The smallest absolute Gasteiger partial charge is 0.436 e. The molecule has 0 aliphatic carbocycles. The summed E-state index contributed by atoms with van der Waals surface area (Å²) in [4.78, 5) is 16.8. The number of hydrogen-bond donors (Lipinski definition) is 1. The molecule has 14 heteroatoms. The van der Waals surface area contributed by atoms with Crippen LogP contribution in [0.2, 0.25) is 5.02 Å². The van der Waals surface area contributed by atoms with Crippen LogP contribution >= 0.6 is 23.9 Å². The number of hydrogen-bond acceptors (Lipinski definition) is 6. The summed E-state index contributed by atoms with van der Waals surface area (Å²) in [6.07, 6.45) is -3.73. The Morgan fingerprint density at radius 3 is 2.53 bits per heavy atom. The standard InChI is InChI=1S/C22H17ClF5N5O2S.C2H6/c1-3-35-21(34)17-19(32(2)31-20(17)22(25,26)27)18(13-6-4-11(23)8-14(13)24)30-12-5-7-16-15(9-12)29-10-33(16)36-28;1-2/h4-10,18,30H,3H2,1-2H3;1-2H3. The van der Waals surface area contributed by atoms with Gasteiger partial charge in [-0.2, -0.15) is 18.3 Å². The molecule has 2 aromatic heterocycles. The lowest BCUT2D eigenvalue weighted by molar-refractivity contribution is -0.142. The minimum absolute atomic E-state index is 0.0594. The van der Waals surface area contributed by atoms with Gasteiger partial charge in [-0.1, -0.05) is 31.5 Å². The van der Waals surface area contributed by atoms with Gasteiger partial charge in [-0.15, -0.1) is 3.89 Å². The average Bonchev–Trinajstić information content (AvgIpc) is 3.44. The van der Waals surface area contributed by atoms with Crippen molar-refractivity contribution >= 4 is 46.6 Å². The summed E-state index contributed by atoms with van der Waals surface area (Å²) in [5, 5.41) is 6.56. The van der Waals surface area contributed by atoms with Crippen molar-refractivity contribution in [3.8, 4) is 0 Å². The quantitative estimate of drug-likeness (QED) is 0.183. The SMILES string of the molecule is CC.CCOC(=O)c1c(C(F)(F)F)nn(C)c1C(Nc1ccc2c(c1)ncn2SF)c1ccc(Cl)cc1F. The van der Waals surface area contributed by atoms with Crippen LogP contribution in [0.4, 0.5) is 27.1 Å². The molecule has 0 fully saturated rings. The van der Waals surface area contributed by atoms with Crippen molar-refractivity contribution in [1.82, 2.24) is 18.7 Å². The molecule has 0 saturated carbocycles. The van der Waals surface area contributed by atoms with E-state index in [0.29, 0.717) is 16.7 Å². The highest BCUT2D eigenvalue weighted by Gasteiger charge is 2.43. The van der Waals surface area contributed by atoms with E-state index in [1.165, 1.54) is 54.6 Å². The summed E-state index contributed by atoms with van der Waals surface area (Å²) in [5.74, 6) is -2.09. The van der Waals surface area contributed by atoms with Gasteiger partial charge in [0.05, 0.1) is 29.4 Å². The summed E-state index contributed by atoms with van der Waals surface area (Å²) in [6, 6.07) is 6.87. The normalized spacial score (nSPS) is 12.2. The first-order chi connectivity index (χ1) is 18.0. The zero-order valence-corrected chi connectivity index (χ0v) is 22.2. The number of aromatic nitrogens is 4. The Labute approximate surface area is 224 Å². The summed E-state index contributed by atoms with van der Waals surface area (Å²) in [7, 11) is 1.21. The van der Waals surface area contributed by atoms with Gasteiger partial charge in [-0.25, -0.2) is 18.1 Å². The van der Waals surface area contributed by atoms with E-state index in [0.717, 1.165) is 10.7 Å². The second-order valence-corrected chi connectivity index (χ2v) is 8.50. The molecule has 0 saturated heterocycles. The molecular formula is C24H23ClF5N5O2S. The number of benzene rings is 2. The Bertz CT molecular complexity index is 1440. The number of ether oxygens (including phenoxy) is 1. The molecule has 0 amide bonds. The zero-order valence-electron chi connectivity index (χ0n) is 20.6. The van der Waals surface area contributed by atoms with Crippen LogP contribution in [0.3, 0.4) is 0 Å². The van der Waals surface area contributed by atoms with Gasteiger partial charge in [0.2, 0.25) is 0 Å². The number of carbonyl (C=O) groups excluding carboxylic acids is 1. The van der Waals surface area contributed by atoms with Crippen LogP contribution in [0.25, 0.3) is 11.0 Å². The summed E-state index contributed by atoms with van der Waals surface area (Å²) < 4.78 is 76.6. The fraction of sp³-hybridized carbons (Fsp3) is 0.292. The highest BCUT2D eigenvalue weighted by atomic mass is 35.5. The van der Waals surface area contributed by atoms with Crippen LogP contribution in [-0.4, -0.2) is 31.3 Å². The first kappa shape index (κ1) is 29.2. The van der Waals surface area contributed by atoms with Crippen molar-refractivity contribution < 1.29 is 31.0 Å². The first-order valence-electron chi connectivity index (χ1n) is 11.3. The van der Waals surface area contributed by atoms with Gasteiger partial charge in [-0.05, 0) is 37.3 Å². The molecule has 4 aromatic rings. The predicted molar refractivity (Wildman–Crippen MR) is 136 cm³/mol. The maximum Gasteiger partial charge on any atom is 0.436 e. The highest BCUT2D eigenvalue weighted by Crippen LogP contribution is 2.39. The van der Waals surface area contributed by atoms with Crippen molar-refractivity contribution in [3.05, 3.63) is 76.1 Å². The van der Waals surface area contributed by atoms with Crippen molar-refractivity contribution in [3.63, 3.8) is 0 Å². The van der Waals surface area contributed by atoms with E-state index in [4.69, 9.17) is 16.3 Å². The summed E-state index contributed by atoms with van der Waals surface area (Å²) >= 11 is 5.82. The number of carbonyl (C=O) groups is 1. The van der Waals surface area contributed by atoms with E-state index in [-0.39, 0.29) is 35.2 Å².